The van der Waals surface area contributed by atoms with E-state index in [2.05, 4.69) is 10.1 Å². The molecule has 1 N–H and O–H groups in total. The summed E-state index contributed by atoms with van der Waals surface area (Å²) in [6.07, 6.45) is 2.06. The van der Waals surface area contributed by atoms with E-state index >= 15 is 0 Å². The highest BCUT2D eigenvalue weighted by atomic mass is 16.5. The van der Waals surface area contributed by atoms with Crippen molar-refractivity contribution in [3.05, 3.63) is 11.7 Å². The summed E-state index contributed by atoms with van der Waals surface area (Å²) in [6.45, 7) is 1.57. The molecule has 0 amide bonds. The van der Waals surface area contributed by atoms with E-state index in [-0.39, 0.29) is 6.10 Å². The van der Waals surface area contributed by atoms with Crippen molar-refractivity contribution in [1.29, 1.82) is 0 Å². The zero-order chi connectivity index (χ0) is 12.3. The molecule has 1 aromatic rings. The number of ether oxygens (including phenoxy) is 1. The molecule has 96 valence electrons. The van der Waals surface area contributed by atoms with Crippen LogP contribution in [0.4, 0.5) is 0 Å². The van der Waals surface area contributed by atoms with Gasteiger partial charge in [-0.3, -0.25) is 4.90 Å². The minimum atomic E-state index is -0.231. The first-order valence-electron chi connectivity index (χ1n) is 5.86. The number of likely N-dealkylation sites (N-methyl/N-ethyl adjacent to an activating group) is 1. The van der Waals surface area contributed by atoms with Gasteiger partial charge in [0, 0.05) is 13.7 Å². The summed E-state index contributed by atoms with van der Waals surface area (Å²) < 4.78 is 9.90. The molecule has 1 aromatic heterocycles. The van der Waals surface area contributed by atoms with Crippen LogP contribution in [0, 0.1) is 5.92 Å². The smallest absolute Gasteiger partial charge is 0.252 e. The van der Waals surface area contributed by atoms with Gasteiger partial charge in [0.1, 0.15) is 6.61 Å². The number of nitrogens with zero attached hydrogens (tertiary/aromatic N) is 3. The molecule has 0 aromatic carbocycles. The molecule has 0 saturated heterocycles. The molecule has 6 heteroatoms. The predicted octanol–water partition coefficient (Wildman–Crippen LogP) is 0.419. The molecule has 1 unspecified atom stereocenters. The lowest BCUT2D eigenvalue weighted by Crippen LogP contribution is -2.30. The maximum absolute atomic E-state index is 9.80. The second kappa shape index (κ2) is 5.57. The van der Waals surface area contributed by atoms with Crippen molar-refractivity contribution >= 4 is 0 Å². The van der Waals surface area contributed by atoms with Gasteiger partial charge < -0.3 is 14.4 Å². The van der Waals surface area contributed by atoms with Gasteiger partial charge in [0.2, 0.25) is 0 Å². The molecule has 0 aliphatic heterocycles. The molecule has 1 heterocycles. The van der Waals surface area contributed by atoms with Crippen molar-refractivity contribution in [3.8, 4) is 0 Å². The Balaban J connectivity index is 1.77. The SMILES string of the molecule is COCc1nc(CN(C)CC(O)C2CC2)no1. The standard InChI is InChI=1S/C11H19N3O3/c1-14(5-9(15)8-3-4-8)6-10-12-11(7-16-2)17-13-10/h8-9,15H,3-7H2,1-2H3. The molecular formula is C11H19N3O3. The lowest BCUT2D eigenvalue weighted by molar-refractivity contribution is 0.103. The van der Waals surface area contributed by atoms with E-state index in [0.29, 0.717) is 37.3 Å². The van der Waals surface area contributed by atoms with Gasteiger partial charge in [0.25, 0.3) is 5.89 Å². The average Bonchev–Trinajstić information content (AvgIpc) is 3.03. The van der Waals surface area contributed by atoms with Crippen molar-refractivity contribution in [2.75, 3.05) is 20.7 Å². The van der Waals surface area contributed by atoms with Crippen LogP contribution in [0.1, 0.15) is 24.6 Å². The first kappa shape index (κ1) is 12.5. The number of aliphatic hydroxyl groups excluding tert-OH is 1. The highest BCUT2D eigenvalue weighted by Crippen LogP contribution is 2.32. The van der Waals surface area contributed by atoms with Gasteiger partial charge in [-0.05, 0) is 25.8 Å². The third kappa shape index (κ3) is 3.76. The van der Waals surface area contributed by atoms with Gasteiger partial charge in [-0.15, -0.1) is 0 Å². The summed E-state index contributed by atoms with van der Waals surface area (Å²) in [5.74, 6) is 1.60. The molecule has 0 spiro atoms. The summed E-state index contributed by atoms with van der Waals surface area (Å²) in [5, 5.41) is 13.7. The molecule has 0 radical (unpaired) electrons. The summed E-state index contributed by atoms with van der Waals surface area (Å²) in [5.41, 5.74) is 0. The molecule has 2 rings (SSSR count). The molecular weight excluding hydrogens is 222 g/mol. The minimum absolute atomic E-state index is 0.231. The summed E-state index contributed by atoms with van der Waals surface area (Å²) in [7, 11) is 3.53. The third-order valence-electron chi connectivity index (χ3n) is 2.85. The lowest BCUT2D eigenvalue weighted by atomic mass is 10.2. The summed E-state index contributed by atoms with van der Waals surface area (Å²) in [4.78, 5) is 6.19. The van der Waals surface area contributed by atoms with Crippen LogP contribution in [0.2, 0.25) is 0 Å². The predicted molar refractivity (Wildman–Crippen MR) is 60.1 cm³/mol. The first-order valence-corrected chi connectivity index (χ1v) is 5.86. The second-order valence-corrected chi connectivity index (χ2v) is 4.64. The van der Waals surface area contributed by atoms with Crippen LogP contribution in [0.3, 0.4) is 0 Å². The Bertz CT molecular complexity index is 351. The number of aliphatic hydroxyl groups is 1. The minimum Gasteiger partial charge on any atom is -0.392 e. The van der Waals surface area contributed by atoms with E-state index in [1.54, 1.807) is 7.11 Å². The maximum atomic E-state index is 9.80. The Morgan fingerprint density at radius 1 is 1.59 bits per heavy atom. The lowest BCUT2D eigenvalue weighted by Gasteiger charge is -2.18. The summed E-state index contributed by atoms with van der Waals surface area (Å²) in [6, 6.07) is 0. The van der Waals surface area contributed by atoms with Crippen LogP contribution in [0.15, 0.2) is 4.52 Å². The molecule has 17 heavy (non-hydrogen) atoms. The fourth-order valence-electron chi connectivity index (χ4n) is 1.79. The van der Waals surface area contributed by atoms with Crippen molar-refractivity contribution in [1.82, 2.24) is 15.0 Å². The normalized spacial score (nSPS) is 17.6. The van der Waals surface area contributed by atoms with E-state index in [9.17, 15) is 5.11 Å². The second-order valence-electron chi connectivity index (χ2n) is 4.64. The highest BCUT2D eigenvalue weighted by Gasteiger charge is 2.30. The van der Waals surface area contributed by atoms with Crippen LogP contribution < -0.4 is 0 Å². The van der Waals surface area contributed by atoms with Crippen LogP contribution in [0.5, 0.6) is 0 Å². The third-order valence-corrected chi connectivity index (χ3v) is 2.85. The van der Waals surface area contributed by atoms with Gasteiger partial charge in [-0.2, -0.15) is 4.98 Å². The fourth-order valence-corrected chi connectivity index (χ4v) is 1.79. The van der Waals surface area contributed by atoms with Gasteiger partial charge >= 0.3 is 0 Å². The monoisotopic (exact) mass is 241 g/mol. The zero-order valence-electron chi connectivity index (χ0n) is 10.3. The van der Waals surface area contributed by atoms with E-state index < -0.39 is 0 Å². The van der Waals surface area contributed by atoms with Gasteiger partial charge in [0.05, 0.1) is 12.6 Å². The van der Waals surface area contributed by atoms with Crippen LogP contribution in [-0.4, -0.2) is 47.0 Å². The summed E-state index contributed by atoms with van der Waals surface area (Å²) >= 11 is 0. The molecule has 0 bridgehead atoms. The Labute approximate surface area is 101 Å². The van der Waals surface area contributed by atoms with Crippen LogP contribution >= 0.6 is 0 Å². The Hall–Kier alpha value is -0.980. The molecule has 1 aliphatic carbocycles. The fraction of sp³-hybridized carbons (Fsp3) is 0.818. The van der Waals surface area contributed by atoms with Crippen LogP contribution in [0.25, 0.3) is 0 Å². The number of rotatable bonds is 7. The first-order chi connectivity index (χ1) is 8.19. The number of hydrogen-bond acceptors (Lipinski definition) is 6. The van der Waals surface area contributed by atoms with Crippen molar-refractivity contribution in [2.45, 2.75) is 32.1 Å². The van der Waals surface area contributed by atoms with E-state index in [4.69, 9.17) is 9.26 Å². The van der Waals surface area contributed by atoms with Crippen molar-refractivity contribution < 1.29 is 14.4 Å². The van der Waals surface area contributed by atoms with Crippen molar-refractivity contribution in [2.24, 2.45) is 5.92 Å². The van der Waals surface area contributed by atoms with E-state index in [0.717, 1.165) is 12.8 Å². The molecule has 1 fully saturated rings. The molecule has 1 saturated carbocycles. The van der Waals surface area contributed by atoms with Crippen molar-refractivity contribution in [3.63, 3.8) is 0 Å². The van der Waals surface area contributed by atoms with Crippen LogP contribution in [-0.2, 0) is 17.9 Å². The van der Waals surface area contributed by atoms with Gasteiger partial charge in [0.15, 0.2) is 5.82 Å². The maximum Gasteiger partial charge on any atom is 0.252 e. The topological polar surface area (TPSA) is 71.6 Å². The quantitative estimate of drug-likeness (QED) is 0.746. The highest BCUT2D eigenvalue weighted by molar-refractivity contribution is 4.87. The Morgan fingerprint density at radius 2 is 2.35 bits per heavy atom. The molecule has 1 aliphatic rings. The van der Waals surface area contributed by atoms with Gasteiger partial charge in [-0.25, -0.2) is 0 Å². The zero-order valence-corrected chi connectivity index (χ0v) is 10.3. The number of hydrogen-bond donors (Lipinski definition) is 1. The Kier molecular flexibility index (Phi) is 4.09. The van der Waals surface area contributed by atoms with Gasteiger partial charge in [-0.1, -0.05) is 5.16 Å². The number of methoxy groups -OCH3 is 1. The largest absolute Gasteiger partial charge is 0.392 e. The Morgan fingerprint density at radius 3 is 3.00 bits per heavy atom. The molecule has 6 nitrogen and oxygen atoms in total. The van der Waals surface area contributed by atoms with E-state index in [1.807, 2.05) is 11.9 Å². The average molecular weight is 241 g/mol. The number of aromatic nitrogens is 2. The molecule has 1 atom stereocenters. The van der Waals surface area contributed by atoms with E-state index in [1.165, 1.54) is 0 Å².